The van der Waals surface area contributed by atoms with Crippen LogP contribution in [0.5, 0.6) is 0 Å². The predicted octanol–water partition coefficient (Wildman–Crippen LogP) is 0.0244. The number of ether oxygens (including phenoxy) is 1. The maximum absolute atomic E-state index is 9.96. The van der Waals surface area contributed by atoms with Gasteiger partial charge in [-0.25, -0.2) is 4.79 Å². The Kier molecular flexibility index (Phi) is 1.06. The second-order valence-electron chi connectivity index (χ2n) is 1.60. The molecule has 2 atom stereocenters. The molecule has 0 spiro atoms. The van der Waals surface area contributed by atoms with Gasteiger partial charge in [0, 0.05) is 0 Å². The number of epoxide rings is 1. The van der Waals surface area contributed by atoms with Crippen LogP contribution < -0.4 is 0 Å². The van der Waals surface area contributed by atoms with E-state index in [2.05, 4.69) is 11.3 Å². The highest BCUT2D eigenvalue weighted by atomic mass is 16.6. The first-order chi connectivity index (χ1) is 3.75. The minimum atomic E-state index is -0.908. The average Bonchev–Trinajstić information content (AvgIpc) is 2.42. The van der Waals surface area contributed by atoms with Crippen molar-refractivity contribution in [3.8, 4) is 0 Å². The fourth-order valence-electron chi connectivity index (χ4n) is 0.502. The highest BCUT2D eigenvalue weighted by molar-refractivity contribution is 5.76. The molecule has 0 aromatic rings. The van der Waals surface area contributed by atoms with Gasteiger partial charge in [0.1, 0.15) is 6.10 Å². The van der Waals surface area contributed by atoms with Crippen LogP contribution in [0.4, 0.5) is 0 Å². The van der Waals surface area contributed by atoms with Gasteiger partial charge in [0.2, 0.25) is 0 Å². The summed E-state index contributed by atoms with van der Waals surface area (Å²) in [5.41, 5.74) is 0. The lowest BCUT2D eigenvalue weighted by Gasteiger charge is -1.75. The molecule has 44 valence electrons. The molecule has 1 aliphatic rings. The van der Waals surface area contributed by atoms with Gasteiger partial charge in [0.15, 0.2) is 6.10 Å². The Balaban J connectivity index is 2.36. The van der Waals surface area contributed by atoms with Crippen molar-refractivity contribution in [2.45, 2.75) is 12.2 Å². The van der Waals surface area contributed by atoms with Crippen molar-refractivity contribution >= 4 is 5.97 Å². The molecule has 1 rings (SSSR count). The molecule has 0 saturated carbocycles. The fourth-order valence-corrected chi connectivity index (χ4v) is 0.502. The molecule has 0 bridgehead atoms. The van der Waals surface area contributed by atoms with Crippen molar-refractivity contribution in [3.63, 3.8) is 0 Å². The number of aliphatic carboxylic acids is 1. The molecule has 1 saturated heterocycles. The van der Waals surface area contributed by atoms with E-state index >= 15 is 0 Å². The van der Waals surface area contributed by atoms with Crippen molar-refractivity contribution in [2.24, 2.45) is 0 Å². The van der Waals surface area contributed by atoms with Crippen molar-refractivity contribution in [1.82, 2.24) is 0 Å². The van der Waals surface area contributed by atoms with E-state index in [0.717, 1.165) is 0 Å². The molecular weight excluding hydrogens is 108 g/mol. The van der Waals surface area contributed by atoms with Crippen LogP contribution in [0.1, 0.15) is 0 Å². The Labute approximate surface area is 46.6 Å². The van der Waals surface area contributed by atoms with Gasteiger partial charge >= 0.3 is 5.97 Å². The van der Waals surface area contributed by atoms with E-state index in [4.69, 9.17) is 5.11 Å². The standard InChI is InChI=1S/C5H6O3/c1-2-3-4(8-3)5(6)7/h2-4H,1H2,(H,6,7). The number of carboxylic acids is 1. The molecule has 3 nitrogen and oxygen atoms in total. The smallest absolute Gasteiger partial charge is 0.335 e. The summed E-state index contributed by atoms with van der Waals surface area (Å²) in [5, 5.41) is 8.18. The third-order valence-corrected chi connectivity index (χ3v) is 1.00. The van der Waals surface area contributed by atoms with Crippen molar-refractivity contribution < 1.29 is 14.6 Å². The highest BCUT2D eigenvalue weighted by Gasteiger charge is 2.42. The van der Waals surface area contributed by atoms with Crippen LogP contribution >= 0.6 is 0 Å². The Morgan fingerprint density at radius 2 is 2.50 bits per heavy atom. The van der Waals surface area contributed by atoms with Crippen molar-refractivity contribution in [1.29, 1.82) is 0 Å². The molecule has 0 aliphatic carbocycles. The summed E-state index contributed by atoms with van der Waals surface area (Å²) in [6.07, 6.45) is 0.624. The summed E-state index contributed by atoms with van der Waals surface area (Å²) in [6.45, 7) is 3.37. The average molecular weight is 114 g/mol. The molecule has 1 N–H and O–H groups in total. The van der Waals surface area contributed by atoms with Crippen LogP contribution in [0, 0.1) is 0 Å². The van der Waals surface area contributed by atoms with Crippen LogP contribution in [-0.2, 0) is 9.53 Å². The maximum atomic E-state index is 9.96. The summed E-state index contributed by atoms with van der Waals surface area (Å²) in [7, 11) is 0. The molecule has 3 heteroatoms. The normalized spacial score (nSPS) is 34.0. The Morgan fingerprint density at radius 3 is 2.62 bits per heavy atom. The minimum Gasteiger partial charge on any atom is -0.479 e. The van der Waals surface area contributed by atoms with E-state index in [-0.39, 0.29) is 6.10 Å². The molecule has 0 aromatic carbocycles. The number of rotatable bonds is 2. The van der Waals surface area contributed by atoms with Crippen molar-refractivity contribution in [3.05, 3.63) is 12.7 Å². The van der Waals surface area contributed by atoms with Crippen LogP contribution in [0.2, 0.25) is 0 Å². The quantitative estimate of drug-likeness (QED) is 0.407. The van der Waals surface area contributed by atoms with Gasteiger partial charge in [-0.05, 0) is 0 Å². The summed E-state index contributed by atoms with van der Waals surface area (Å²) in [6, 6.07) is 0. The Morgan fingerprint density at radius 1 is 1.88 bits per heavy atom. The van der Waals surface area contributed by atoms with E-state index in [1.165, 1.54) is 6.08 Å². The topological polar surface area (TPSA) is 49.8 Å². The largest absolute Gasteiger partial charge is 0.479 e. The molecule has 2 unspecified atom stereocenters. The van der Waals surface area contributed by atoms with Crippen LogP contribution in [0.15, 0.2) is 12.7 Å². The van der Waals surface area contributed by atoms with Gasteiger partial charge in [-0.3, -0.25) is 0 Å². The maximum Gasteiger partial charge on any atom is 0.335 e. The van der Waals surface area contributed by atoms with E-state index in [1.807, 2.05) is 0 Å². The van der Waals surface area contributed by atoms with Gasteiger partial charge in [0.05, 0.1) is 0 Å². The highest BCUT2D eigenvalue weighted by Crippen LogP contribution is 2.22. The number of carboxylic acid groups (broad SMARTS) is 1. The van der Waals surface area contributed by atoms with E-state index in [1.54, 1.807) is 0 Å². The predicted molar refractivity (Wildman–Crippen MR) is 26.5 cm³/mol. The zero-order valence-electron chi connectivity index (χ0n) is 4.20. The second kappa shape index (κ2) is 1.59. The lowest BCUT2D eigenvalue weighted by Crippen LogP contribution is -2.05. The molecule has 1 aliphatic heterocycles. The SMILES string of the molecule is C=CC1OC1C(=O)O. The molecule has 8 heavy (non-hydrogen) atoms. The molecule has 0 aromatic heterocycles. The minimum absolute atomic E-state index is 0.243. The van der Waals surface area contributed by atoms with Crippen molar-refractivity contribution in [2.75, 3.05) is 0 Å². The third kappa shape index (κ3) is 0.721. The van der Waals surface area contributed by atoms with Gasteiger partial charge in [-0.1, -0.05) is 6.08 Å². The monoisotopic (exact) mass is 114 g/mol. The Bertz CT molecular complexity index is 130. The first-order valence-corrected chi connectivity index (χ1v) is 2.26. The molecule has 1 heterocycles. The summed E-state index contributed by atoms with van der Waals surface area (Å²) in [4.78, 5) is 9.96. The molecule has 1 fully saturated rings. The lowest BCUT2D eigenvalue weighted by molar-refractivity contribution is -0.138. The Hall–Kier alpha value is -0.830. The first-order valence-electron chi connectivity index (χ1n) is 2.26. The van der Waals surface area contributed by atoms with Gasteiger partial charge < -0.3 is 9.84 Å². The number of hydrogen-bond acceptors (Lipinski definition) is 2. The summed E-state index contributed by atoms with van der Waals surface area (Å²) >= 11 is 0. The molecule has 0 amide bonds. The van der Waals surface area contributed by atoms with Gasteiger partial charge in [-0.15, -0.1) is 6.58 Å². The van der Waals surface area contributed by atoms with E-state index in [0.29, 0.717) is 0 Å². The van der Waals surface area contributed by atoms with Crippen LogP contribution in [-0.4, -0.2) is 23.3 Å². The fraction of sp³-hybridized carbons (Fsp3) is 0.400. The number of hydrogen-bond donors (Lipinski definition) is 1. The summed E-state index contributed by atoms with van der Waals surface area (Å²) in [5.74, 6) is -0.908. The summed E-state index contributed by atoms with van der Waals surface area (Å²) < 4.78 is 4.61. The van der Waals surface area contributed by atoms with Crippen LogP contribution in [0.3, 0.4) is 0 Å². The number of carbonyl (C=O) groups is 1. The second-order valence-corrected chi connectivity index (χ2v) is 1.60. The van der Waals surface area contributed by atoms with Gasteiger partial charge in [-0.2, -0.15) is 0 Å². The molecular formula is C5H6O3. The van der Waals surface area contributed by atoms with Gasteiger partial charge in [0.25, 0.3) is 0 Å². The zero-order valence-corrected chi connectivity index (χ0v) is 4.20. The zero-order chi connectivity index (χ0) is 6.15. The first kappa shape index (κ1) is 5.31. The third-order valence-electron chi connectivity index (χ3n) is 1.00. The molecule has 0 radical (unpaired) electrons. The van der Waals surface area contributed by atoms with Crippen LogP contribution in [0.25, 0.3) is 0 Å². The van der Waals surface area contributed by atoms with E-state index < -0.39 is 12.1 Å². The van der Waals surface area contributed by atoms with E-state index in [9.17, 15) is 4.79 Å². The lowest BCUT2D eigenvalue weighted by atomic mass is 10.3.